The first kappa shape index (κ1) is 14.8. The number of hydrogen-bond acceptors (Lipinski definition) is 3. The summed E-state index contributed by atoms with van der Waals surface area (Å²) < 4.78 is 0. The molecule has 3 N–H and O–H groups in total. The zero-order valence-electron chi connectivity index (χ0n) is 11.5. The Hall–Kier alpha value is -1.56. The maximum atomic E-state index is 11.9. The van der Waals surface area contributed by atoms with Gasteiger partial charge in [0.15, 0.2) is 6.04 Å². The van der Waals surface area contributed by atoms with Gasteiger partial charge in [0.2, 0.25) is 0 Å². The monoisotopic (exact) mass is 296 g/mol. The average Bonchev–Trinajstić information content (AvgIpc) is 3.06. The van der Waals surface area contributed by atoms with E-state index in [4.69, 9.17) is 0 Å². The van der Waals surface area contributed by atoms with Crippen molar-refractivity contribution in [1.29, 1.82) is 0 Å². The summed E-state index contributed by atoms with van der Waals surface area (Å²) in [7, 11) is 0. The van der Waals surface area contributed by atoms with Crippen LogP contribution in [0.5, 0.6) is 0 Å². The number of carboxylic acid groups (broad SMARTS) is 1. The van der Waals surface area contributed by atoms with Gasteiger partial charge in [-0.15, -0.1) is 11.3 Å². The van der Waals surface area contributed by atoms with Crippen molar-refractivity contribution >= 4 is 23.3 Å². The lowest BCUT2D eigenvalue weighted by molar-refractivity contribution is -0.139. The molecule has 2 amide bonds. The Balaban J connectivity index is 1.89. The van der Waals surface area contributed by atoms with Crippen LogP contribution >= 0.6 is 11.3 Å². The molecule has 1 heterocycles. The highest BCUT2D eigenvalue weighted by atomic mass is 32.1. The fraction of sp³-hybridized carbons (Fsp3) is 0.571. The lowest BCUT2D eigenvalue weighted by atomic mass is 10.1. The van der Waals surface area contributed by atoms with Crippen LogP contribution in [0.25, 0.3) is 0 Å². The average molecular weight is 296 g/mol. The Morgan fingerprint density at radius 1 is 1.45 bits per heavy atom. The zero-order chi connectivity index (χ0) is 14.5. The summed E-state index contributed by atoms with van der Waals surface area (Å²) in [5.41, 5.74) is 0. The van der Waals surface area contributed by atoms with Crippen molar-refractivity contribution in [3.63, 3.8) is 0 Å². The van der Waals surface area contributed by atoms with Crippen LogP contribution in [-0.2, 0) is 4.79 Å². The van der Waals surface area contributed by atoms with Crippen LogP contribution in [0.1, 0.15) is 43.5 Å². The summed E-state index contributed by atoms with van der Waals surface area (Å²) in [6.45, 7) is 2.03. The fourth-order valence-electron chi connectivity index (χ4n) is 2.15. The summed E-state index contributed by atoms with van der Waals surface area (Å²) in [5, 5.41) is 16.4. The van der Waals surface area contributed by atoms with E-state index in [2.05, 4.69) is 10.6 Å². The summed E-state index contributed by atoms with van der Waals surface area (Å²) >= 11 is 1.32. The normalized spacial score (nSPS) is 17.2. The summed E-state index contributed by atoms with van der Waals surface area (Å²) in [5.74, 6) is -0.314. The van der Waals surface area contributed by atoms with Crippen LogP contribution in [0.4, 0.5) is 4.79 Å². The molecule has 2 atom stereocenters. The Morgan fingerprint density at radius 2 is 2.20 bits per heavy atom. The van der Waals surface area contributed by atoms with E-state index in [0.717, 1.165) is 18.8 Å². The van der Waals surface area contributed by atoms with Gasteiger partial charge in [-0.25, -0.2) is 9.59 Å². The van der Waals surface area contributed by atoms with Gasteiger partial charge >= 0.3 is 12.0 Å². The molecule has 2 rings (SSSR count). The molecule has 5 nitrogen and oxygen atoms in total. The minimum Gasteiger partial charge on any atom is -0.479 e. The van der Waals surface area contributed by atoms with Gasteiger partial charge in [0.1, 0.15) is 0 Å². The highest BCUT2D eigenvalue weighted by Crippen LogP contribution is 2.34. The van der Waals surface area contributed by atoms with Gasteiger partial charge in [0, 0.05) is 10.9 Å². The SMILES string of the molecule is CCC(CC1CC1)NC(=O)NC(C(=O)O)c1cccs1. The number of urea groups is 1. The van der Waals surface area contributed by atoms with Crippen LogP contribution < -0.4 is 10.6 Å². The summed E-state index contributed by atoms with van der Waals surface area (Å²) in [6.07, 6.45) is 4.33. The van der Waals surface area contributed by atoms with Crippen molar-refractivity contribution in [2.24, 2.45) is 5.92 Å². The lowest BCUT2D eigenvalue weighted by Crippen LogP contribution is -2.45. The van der Waals surface area contributed by atoms with Gasteiger partial charge < -0.3 is 15.7 Å². The second-order valence-corrected chi connectivity index (χ2v) is 6.17. The number of amides is 2. The molecule has 1 aromatic heterocycles. The number of carboxylic acids is 1. The van der Waals surface area contributed by atoms with Gasteiger partial charge in [-0.1, -0.05) is 25.8 Å². The van der Waals surface area contributed by atoms with Gasteiger partial charge in [-0.3, -0.25) is 0 Å². The molecular weight excluding hydrogens is 276 g/mol. The van der Waals surface area contributed by atoms with Crippen LogP contribution in [0.3, 0.4) is 0 Å². The van der Waals surface area contributed by atoms with E-state index in [9.17, 15) is 14.7 Å². The van der Waals surface area contributed by atoms with E-state index in [-0.39, 0.29) is 6.04 Å². The first-order valence-corrected chi connectivity index (χ1v) is 7.81. The van der Waals surface area contributed by atoms with Gasteiger partial charge in [0.25, 0.3) is 0 Å². The molecule has 0 bridgehead atoms. The number of rotatable bonds is 7. The van der Waals surface area contributed by atoms with Crippen molar-refractivity contribution in [2.75, 3.05) is 0 Å². The van der Waals surface area contributed by atoms with Crippen LogP contribution in [0, 0.1) is 5.92 Å². The molecular formula is C14H20N2O3S. The van der Waals surface area contributed by atoms with E-state index in [1.54, 1.807) is 17.5 Å². The number of carbonyl (C=O) groups excluding carboxylic acids is 1. The quantitative estimate of drug-likeness (QED) is 0.724. The number of carbonyl (C=O) groups is 2. The van der Waals surface area contributed by atoms with E-state index < -0.39 is 18.0 Å². The molecule has 2 unspecified atom stereocenters. The Kier molecular flexibility index (Phi) is 5.00. The molecule has 1 saturated carbocycles. The van der Waals surface area contributed by atoms with Crippen molar-refractivity contribution in [3.8, 4) is 0 Å². The minimum atomic E-state index is -1.04. The van der Waals surface area contributed by atoms with E-state index in [0.29, 0.717) is 4.88 Å². The molecule has 0 radical (unpaired) electrons. The van der Waals surface area contributed by atoms with Gasteiger partial charge in [-0.2, -0.15) is 0 Å². The summed E-state index contributed by atoms with van der Waals surface area (Å²) in [4.78, 5) is 23.8. The maximum Gasteiger partial charge on any atom is 0.331 e. The molecule has 1 aromatic rings. The standard InChI is InChI=1S/C14H20N2O3S/c1-2-10(8-9-5-6-9)15-14(19)16-12(13(17)18)11-4-3-7-20-11/h3-4,7,9-10,12H,2,5-6,8H2,1H3,(H,17,18)(H2,15,16,19). The number of nitrogens with one attached hydrogen (secondary N) is 2. The lowest BCUT2D eigenvalue weighted by Gasteiger charge is -2.19. The van der Waals surface area contributed by atoms with Crippen molar-refractivity contribution in [2.45, 2.75) is 44.7 Å². The molecule has 20 heavy (non-hydrogen) atoms. The van der Waals surface area contributed by atoms with Crippen molar-refractivity contribution < 1.29 is 14.7 Å². The number of thiophene rings is 1. The molecule has 0 aromatic carbocycles. The summed E-state index contributed by atoms with van der Waals surface area (Å²) in [6, 6.07) is 2.23. The van der Waals surface area contributed by atoms with Crippen LogP contribution in [0.15, 0.2) is 17.5 Å². The van der Waals surface area contributed by atoms with Crippen molar-refractivity contribution in [3.05, 3.63) is 22.4 Å². The minimum absolute atomic E-state index is 0.125. The topological polar surface area (TPSA) is 78.4 Å². The molecule has 0 spiro atoms. The van der Waals surface area contributed by atoms with E-state index in [1.165, 1.54) is 24.2 Å². The molecule has 6 heteroatoms. The van der Waals surface area contributed by atoms with Crippen LogP contribution in [0.2, 0.25) is 0 Å². The first-order valence-electron chi connectivity index (χ1n) is 6.93. The second kappa shape index (κ2) is 6.74. The number of aliphatic carboxylic acids is 1. The predicted octanol–water partition coefficient (Wildman–Crippen LogP) is 2.75. The van der Waals surface area contributed by atoms with Crippen molar-refractivity contribution in [1.82, 2.24) is 10.6 Å². The third-order valence-corrected chi connectivity index (χ3v) is 4.43. The molecule has 1 aliphatic carbocycles. The molecule has 1 fully saturated rings. The largest absolute Gasteiger partial charge is 0.479 e. The Bertz CT molecular complexity index is 457. The Labute approximate surface area is 122 Å². The van der Waals surface area contributed by atoms with Crippen LogP contribution in [-0.4, -0.2) is 23.1 Å². The maximum absolute atomic E-state index is 11.9. The molecule has 110 valence electrons. The highest BCUT2D eigenvalue weighted by Gasteiger charge is 2.27. The third kappa shape index (κ3) is 4.23. The molecule has 0 saturated heterocycles. The first-order chi connectivity index (χ1) is 9.60. The van der Waals surface area contributed by atoms with E-state index >= 15 is 0 Å². The Morgan fingerprint density at radius 3 is 2.70 bits per heavy atom. The van der Waals surface area contributed by atoms with Gasteiger partial charge in [-0.05, 0) is 30.2 Å². The highest BCUT2D eigenvalue weighted by molar-refractivity contribution is 7.10. The zero-order valence-corrected chi connectivity index (χ0v) is 12.3. The molecule has 1 aliphatic rings. The van der Waals surface area contributed by atoms with Gasteiger partial charge in [0.05, 0.1) is 0 Å². The second-order valence-electron chi connectivity index (χ2n) is 5.19. The van der Waals surface area contributed by atoms with E-state index in [1.807, 2.05) is 6.92 Å². The third-order valence-electron chi connectivity index (χ3n) is 3.49. The smallest absolute Gasteiger partial charge is 0.331 e. The molecule has 0 aliphatic heterocycles. The predicted molar refractivity (Wildman–Crippen MR) is 77.8 cm³/mol. The number of hydrogen-bond donors (Lipinski definition) is 3. The fourth-order valence-corrected chi connectivity index (χ4v) is 2.92.